The zero-order valence-electron chi connectivity index (χ0n) is 13.0. The molecule has 0 saturated carbocycles. The van der Waals surface area contributed by atoms with Crippen LogP contribution < -0.4 is 0 Å². The third kappa shape index (κ3) is 4.26. The van der Waals surface area contributed by atoms with E-state index in [4.69, 9.17) is 4.74 Å². The van der Waals surface area contributed by atoms with Crippen LogP contribution in [0.15, 0.2) is 60.7 Å². The van der Waals surface area contributed by atoms with Crippen molar-refractivity contribution in [2.45, 2.75) is 32.7 Å². The first-order chi connectivity index (χ1) is 10.6. The van der Waals surface area contributed by atoms with Crippen LogP contribution in [0.25, 0.3) is 0 Å². The lowest BCUT2D eigenvalue weighted by Gasteiger charge is -2.21. The number of ether oxygens (including phenoxy) is 1. The van der Waals surface area contributed by atoms with Crippen LogP contribution in [0.2, 0.25) is 0 Å². The number of hydrogen-bond acceptors (Lipinski definition) is 3. The first-order valence-electron chi connectivity index (χ1n) is 7.52. The fourth-order valence-electron chi connectivity index (χ4n) is 2.34. The molecule has 3 atom stereocenters. The number of ketones is 1. The molecule has 0 heterocycles. The number of rotatable bonds is 7. The molecule has 3 nitrogen and oxygen atoms in total. The van der Waals surface area contributed by atoms with Crippen molar-refractivity contribution in [3.05, 3.63) is 71.8 Å². The van der Waals surface area contributed by atoms with Crippen molar-refractivity contribution in [3.8, 4) is 0 Å². The van der Waals surface area contributed by atoms with Crippen molar-refractivity contribution in [1.82, 2.24) is 0 Å². The standard InChI is InChI=1S/C19H22O3/c1-14(19(21)17-11-7-4-8-12-17)18(20)15(2)22-13-16-9-5-3-6-10-16/h3-12,14-15,19,21H,13H2,1-2H3/t14-,15+,19+/m1/s1. The second-order valence-electron chi connectivity index (χ2n) is 5.49. The minimum atomic E-state index is -0.809. The van der Waals surface area contributed by atoms with Gasteiger partial charge < -0.3 is 9.84 Å². The number of aliphatic hydroxyl groups is 1. The average molecular weight is 298 g/mol. The van der Waals surface area contributed by atoms with Gasteiger partial charge in [-0.3, -0.25) is 4.79 Å². The summed E-state index contributed by atoms with van der Waals surface area (Å²) in [6.07, 6.45) is -1.36. The summed E-state index contributed by atoms with van der Waals surface area (Å²) in [6, 6.07) is 19.0. The molecule has 1 N–H and O–H groups in total. The van der Waals surface area contributed by atoms with E-state index in [1.54, 1.807) is 13.8 Å². The van der Waals surface area contributed by atoms with E-state index in [-0.39, 0.29) is 5.78 Å². The SMILES string of the molecule is C[C@H](OCc1ccccc1)C(=O)[C@@H](C)[C@H](O)c1ccccc1. The van der Waals surface area contributed by atoms with Crippen LogP contribution in [-0.2, 0) is 16.1 Å². The van der Waals surface area contributed by atoms with E-state index < -0.39 is 18.1 Å². The van der Waals surface area contributed by atoms with Crippen LogP contribution >= 0.6 is 0 Å². The van der Waals surface area contributed by atoms with Crippen molar-refractivity contribution in [1.29, 1.82) is 0 Å². The Labute approximate surface area is 131 Å². The van der Waals surface area contributed by atoms with Gasteiger partial charge >= 0.3 is 0 Å². The zero-order chi connectivity index (χ0) is 15.9. The molecule has 2 aromatic carbocycles. The summed E-state index contributed by atoms with van der Waals surface area (Å²) in [5.41, 5.74) is 1.78. The molecule has 2 aromatic rings. The molecule has 0 radical (unpaired) electrons. The Balaban J connectivity index is 1.92. The fourth-order valence-corrected chi connectivity index (χ4v) is 2.34. The molecular formula is C19H22O3. The second kappa shape index (κ2) is 7.87. The van der Waals surface area contributed by atoms with Crippen LogP contribution in [0.4, 0.5) is 0 Å². The summed E-state index contributed by atoms with van der Waals surface area (Å²) in [6.45, 7) is 3.86. The molecular weight excluding hydrogens is 276 g/mol. The molecule has 0 aliphatic rings. The molecule has 2 rings (SSSR count). The first-order valence-corrected chi connectivity index (χ1v) is 7.52. The summed E-state index contributed by atoms with van der Waals surface area (Å²) in [7, 11) is 0. The van der Waals surface area contributed by atoms with Gasteiger partial charge in [-0.05, 0) is 18.1 Å². The Bertz CT molecular complexity index is 580. The van der Waals surface area contributed by atoms with Crippen molar-refractivity contribution in [2.75, 3.05) is 0 Å². The lowest BCUT2D eigenvalue weighted by atomic mass is 9.91. The van der Waals surface area contributed by atoms with E-state index in [0.29, 0.717) is 6.61 Å². The second-order valence-corrected chi connectivity index (χ2v) is 5.49. The molecule has 116 valence electrons. The normalized spacial score (nSPS) is 15.0. The maximum Gasteiger partial charge on any atom is 0.166 e. The molecule has 3 heteroatoms. The first kappa shape index (κ1) is 16.4. The van der Waals surface area contributed by atoms with E-state index in [2.05, 4.69) is 0 Å². The highest BCUT2D eigenvalue weighted by Gasteiger charge is 2.27. The minimum Gasteiger partial charge on any atom is -0.388 e. The van der Waals surface area contributed by atoms with Gasteiger partial charge in [0, 0.05) is 5.92 Å². The largest absolute Gasteiger partial charge is 0.388 e. The Hall–Kier alpha value is -1.97. The average Bonchev–Trinajstić information content (AvgIpc) is 2.59. The maximum atomic E-state index is 12.4. The predicted octanol–water partition coefficient (Wildman–Crippen LogP) is 3.53. The van der Waals surface area contributed by atoms with Gasteiger partial charge in [0.1, 0.15) is 6.10 Å². The summed E-state index contributed by atoms with van der Waals surface area (Å²) in [5, 5.41) is 10.3. The van der Waals surface area contributed by atoms with Gasteiger partial charge in [-0.15, -0.1) is 0 Å². The number of Topliss-reactive ketones (excluding diaryl/α,β-unsaturated/α-hetero) is 1. The van der Waals surface area contributed by atoms with Crippen molar-refractivity contribution in [3.63, 3.8) is 0 Å². The third-order valence-corrected chi connectivity index (χ3v) is 3.81. The molecule has 0 amide bonds. The topological polar surface area (TPSA) is 46.5 Å². The molecule has 0 spiro atoms. The Kier molecular flexibility index (Phi) is 5.87. The van der Waals surface area contributed by atoms with Crippen LogP contribution in [0.1, 0.15) is 31.1 Å². The van der Waals surface area contributed by atoms with Gasteiger partial charge in [0.2, 0.25) is 0 Å². The molecule has 0 saturated heterocycles. The predicted molar refractivity (Wildman–Crippen MR) is 86.3 cm³/mol. The van der Waals surface area contributed by atoms with Crippen LogP contribution in [0.3, 0.4) is 0 Å². The van der Waals surface area contributed by atoms with Crippen molar-refractivity contribution in [2.24, 2.45) is 5.92 Å². The van der Waals surface area contributed by atoms with Gasteiger partial charge in [-0.25, -0.2) is 0 Å². The lowest BCUT2D eigenvalue weighted by molar-refractivity contribution is -0.137. The fraction of sp³-hybridized carbons (Fsp3) is 0.316. The Morgan fingerprint density at radius 1 is 1.00 bits per heavy atom. The molecule has 0 aliphatic carbocycles. The summed E-state index contributed by atoms with van der Waals surface area (Å²) in [5.74, 6) is -0.597. The molecule has 0 aromatic heterocycles. The monoisotopic (exact) mass is 298 g/mol. The van der Waals surface area contributed by atoms with Crippen LogP contribution in [0, 0.1) is 5.92 Å². The Morgan fingerprint density at radius 2 is 1.55 bits per heavy atom. The van der Waals surface area contributed by atoms with E-state index >= 15 is 0 Å². The smallest absolute Gasteiger partial charge is 0.166 e. The highest BCUT2D eigenvalue weighted by Crippen LogP contribution is 2.24. The number of aliphatic hydroxyl groups excluding tert-OH is 1. The zero-order valence-corrected chi connectivity index (χ0v) is 13.0. The summed E-state index contributed by atoms with van der Waals surface area (Å²) >= 11 is 0. The number of carbonyl (C=O) groups excluding carboxylic acids is 1. The van der Waals surface area contributed by atoms with Gasteiger partial charge in [-0.2, -0.15) is 0 Å². The van der Waals surface area contributed by atoms with E-state index in [9.17, 15) is 9.90 Å². The molecule has 0 fully saturated rings. The molecule has 0 bridgehead atoms. The number of hydrogen-bond donors (Lipinski definition) is 1. The quantitative estimate of drug-likeness (QED) is 0.850. The van der Waals surface area contributed by atoms with Crippen LogP contribution in [0.5, 0.6) is 0 Å². The highest BCUT2D eigenvalue weighted by molar-refractivity contribution is 5.85. The van der Waals surface area contributed by atoms with E-state index in [0.717, 1.165) is 11.1 Å². The van der Waals surface area contributed by atoms with Gasteiger partial charge in [-0.1, -0.05) is 67.6 Å². The molecule has 22 heavy (non-hydrogen) atoms. The van der Waals surface area contributed by atoms with E-state index in [1.165, 1.54) is 0 Å². The van der Waals surface area contributed by atoms with Gasteiger partial charge in [0.25, 0.3) is 0 Å². The van der Waals surface area contributed by atoms with E-state index in [1.807, 2.05) is 60.7 Å². The van der Waals surface area contributed by atoms with Crippen molar-refractivity contribution >= 4 is 5.78 Å². The third-order valence-electron chi connectivity index (χ3n) is 3.81. The molecule has 0 aliphatic heterocycles. The van der Waals surface area contributed by atoms with Gasteiger partial charge in [0.05, 0.1) is 12.7 Å². The summed E-state index contributed by atoms with van der Waals surface area (Å²) in [4.78, 5) is 12.4. The lowest BCUT2D eigenvalue weighted by Crippen LogP contribution is -2.30. The van der Waals surface area contributed by atoms with Crippen molar-refractivity contribution < 1.29 is 14.6 Å². The maximum absolute atomic E-state index is 12.4. The highest BCUT2D eigenvalue weighted by atomic mass is 16.5. The van der Waals surface area contributed by atoms with Crippen LogP contribution in [-0.4, -0.2) is 17.0 Å². The van der Waals surface area contributed by atoms with Gasteiger partial charge in [0.15, 0.2) is 5.78 Å². The minimum absolute atomic E-state index is 0.0905. The number of carbonyl (C=O) groups is 1. The Morgan fingerprint density at radius 3 is 2.14 bits per heavy atom. The number of benzene rings is 2. The summed E-state index contributed by atoms with van der Waals surface area (Å²) < 4.78 is 5.64. The molecule has 0 unspecified atom stereocenters.